The number of nitrogens with zero attached hydrogens (tertiary/aromatic N) is 1. The van der Waals surface area contributed by atoms with Gasteiger partial charge in [0.1, 0.15) is 17.7 Å². The van der Waals surface area contributed by atoms with Crippen LogP contribution >= 0.6 is 15.9 Å². The van der Waals surface area contributed by atoms with Gasteiger partial charge >= 0.3 is 0 Å². The molecule has 5 rings (SSSR count). The van der Waals surface area contributed by atoms with Crippen LogP contribution in [0.15, 0.2) is 106 Å². The molecule has 1 atom stereocenters. The Morgan fingerprint density at radius 2 is 1.53 bits per heavy atom. The molecule has 1 aliphatic rings. The van der Waals surface area contributed by atoms with E-state index in [1.807, 2.05) is 78.9 Å². The highest BCUT2D eigenvalue weighted by molar-refractivity contribution is 9.10. The summed E-state index contributed by atoms with van der Waals surface area (Å²) in [4.78, 5) is 0.256. The van der Waals surface area contributed by atoms with Crippen molar-refractivity contribution in [1.82, 2.24) is 4.31 Å². The number of rotatable bonds is 7. The summed E-state index contributed by atoms with van der Waals surface area (Å²) in [5, 5.41) is 3.42. The normalized spacial score (nSPS) is 16.6. The molecule has 0 fully saturated rings. The molecule has 1 N–H and O–H groups in total. The number of nitrogens with one attached hydrogen (secondary N) is 1. The van der Waals surface area contributed by atoms with E-state index in [-0.39, 0.29) is 11.4 Å². The van der Waals surface area contributed by atoms with E-state index in [4.69, 9.17) is 9.47 Å². The van der Waals surface area contributed by atoms with Crippen molar-refractivity contribution in [3.8, 4) is 11.5 Å². The zero-order valence-electron chi connectivity index (χ0n) is 19.6. The monoisotopic (exact) mass is 564 g/mol. The van der Waals surface area contributed by atoms with Gasteiger partial charge in [0.15, 0.2) is 11.5 Å². The van der Waals surface area contributed by atoms with Crippen molar-refractivity contribution < 1.29 is 17.9 Å². The fourth-order valence-electron chi connectivity index (χ4n) is 4.25. The zero-order valence-corrected chi connectivity index (χ0v) is 22.0. The first-order chi connectivity index (χ1) is 17.5. The molecular formula is C28H25BrN2O4S. The Bertz CT molecular complexity index is 1460. The lowest BCUT2D eigenvalue weighted by molar-refractivity contribution is 0.281. The summed E-state index contributed by atoms with van der Waals surface area (Å²) in [7, 11) is -2.21. The molecule has 0 aromatic heterocycles. The van der Waals surface area contributed by atoms with E-state index < -0.39 is 16.2 Å². The van der Waals surface area contributed by atoms with E-state index in [0.29, 0.717) is 28.3 Å². The van der Waals surface area contributed by atoms with Gasteiger partial charge in [-0.25, -0.2) is 8.42 Å². The Hall–Kier alpha value is -3.33. The number of halogens is 1. The molecular weight excluding hydrogens is 540 g/mol. The Balaban J connectivity index is 1.54. The quantitative estimate of drug-likeness (QED) is 0.283. The van der Waals surface area contributed by atoms with Gasteiger partial charge in [0.25, 0.3) is 0 Å². The van der Waals surface area contributed by atoms with Gasteiger partial charge in [-0.05, 0) is 56.9 Å². The molecule has 0 bridgehead atoms. The molecule has 0 unspecified atom stereocenters. The van der Waals surface area contributed by atoms with Gasteiger partial charge in [-0.2, -0.15) is 4.31 Å². The number of ether oxygens (including phenoxy) is 2. The number of hydrogen-bond donors (Lipinski definition) is 1. The van der Waals surface area contributed by atoms with E-state index in [2.05, 4.69) is 21.2 Å². The second kappa shape index (κ2) is 10.3. The van der Waals surface area contributed by atoms with Crippen molar-refractivity contribution in [3.63, 3.8) is 0 Å². The molecule has 0 radical (unpaired) electrons. The summed E-state index contributed by atoms with van der Waals surface area (Å²) in [6.07, 6.45) is -0.654. The predicted octanol–water partition coefficient (Wildman–Crippen LogP) is 6.35. The minimum atomic E-state index is -3.78. The molecule has 4 aromatic carbocycles. The summed E-state index contributed by atoms with van der Waals surface area (Å²) >= 11 is 3.63. The number of hydrogen-bond acceptors (Lipinski definition) is 5. The van der Waals surface area contributed by atoms with Crippen molar-refractivity contribution >= 4 is 31.6 Å². The van der Waals surface area contributed by atoms with Crippen molar-refractivity contribution in [2.75, 3.05) is 12.4 Å². The average molecular weight is 565 g/mol. The summed E-state index contributed by atoms with van der Waals surface area (Å²) < 4.78 is 41.5. The van der Waals surface area contributed by atoms with Gasteiger partial charge in [0, 0.05) is 6.54 Å². The number of methoxy groups -OCH3 is 1. The highest BCUT2D eigenvalue weighted by atomic mass is 79.9. The van der Waals surface area contributed by atoms with Crippen LogP contribution in [0.1, 0.15) is 22.9 Å². The number of sulfonamides is 1. The van der Waals surface area contributed by atoms with Gasteiger partial charge < -0.3 is 14.8 Å². The lowest BCUT2D eigenvalue weighted by atomic mass is 10.1. The second-order valence-corrected chi connectivity index (χ2v) is 11.1. The van der Waals surface area contributed by atoms with Crippen LogP contribution in [-0.4, -0.2) is 19.8 Å². The van der Waals surface area contributed by atoms with Crippen molar-refractivity contribution in [2.24, 2.45) is 0 Å². The average Bonchev–Trinajstić information content (AvgIpc) is 2.90. The van der Waals surface area contributed by atoms with Crippen LogP contribution in [0.5, 0.6) is 11.5 Å². The van der Waals surface area contributed by atoms with Crippen LogP contribution in [0.3, 0.4) is 0 Å². The maximum atomic E-state index is 13.8. The van der Waals surface area contributed by atoms with E-state index >= 15 is 0 Å². The molecule has 1 heterocycles. The minimum absolute atomic E-state index is 0.210. The molecule has 8 heteroatoms. The number of benzene rings is 4. The summed E-state index contributed by atoms with van der Waals surface area (Å²) in [5.41, 5.74) is 3.20. The maximum absolute atomic E-state index is 13.8. The highest BCUT2D eigenvalue weighted by Gasteiger charge is 2.39. The lowest BCUT2D eigenvalue weighted by Crippen LogP contribution is -2.42. The fourth-order valence-corrected chi connectivity index (χ4v) is 6.51. The Morgan fingerprint density at radius 1 is 0.889 bits per heavy atom. The van der Waals surface area contributed by atoms with Crippen molar-refractivity contribution in [3.05, 3.63) is 118 Å². The molecule has 0 saturated carbocycles. The molecule has 4 aromatic rings. The standard InChI is InChI=1S/C28H25BrN2O4S/c1-34-25-17-22(16-23(29)27(25)35-19-21-12-6-3-7-13-21)28-30-24-14-8-9-15-26(24)36(32,33)31(28)18-20-10-4-2-5-11-20/h2-17,28,30H,18-19H2,1H3/t28-/m1/s1. The van der Waals surface area contributed by atoms with Crippen LogP contribution in [0, 0.1) is 0 Å². The van der Waals surface area contributed by atoms with Crippen LogP contribution in [0.25, 0.3) is 0 Å². The van der Waals surface area contributed by atoms with Gasteiger partial charge in [0.05, 0.1) is 17.3 Å². The first-order valence-corrected chi connectivity index (χ1v) is 13.7. The highest BCUT2D eigenvalue weighted by Crippen LogP contribution is 2.44. The van der Waals surface area contributed by atoms with E-state index in [9.17, 15) is 8.42 Å². The third-order valence-corrected chi connectivity index (χ3v) is 8.49. The first-order valence-electron chi connectivity index (χ1n) is 11.4. The van der Waals surface area contributed by atoms with Gasteiger partial charge in [-0.1, -0.05) is 72.8 Å². The number of fused-ring (bicyclic) bond motifs is 1. The Morgan fingerprint density at radius 3 is 2.22 bits per heavy atom. The van der Waals surface area contributed by atoms with Crippen molar-refractivity contribution in [2.45, 2.75) is 24.2 Å². The fraction of sp³-hybridized carbons (Fsp3) is 0.143. The summed E-state index contributed by atoms with van der Waals surface area (Å²) in [6.45, 7) is 0.583. The molecule has 0 saturated heterocycles. The van der Waals surface area contributed by atoms with Crippen LogP contribution in [-0.2, 0) is 23.2 Å². The summed E-state index contributed by atoms with van der Waals surface area (Å²) in [5.74, 6) is 1.06. The lowest BCUT2D eigenvalue weighted by Gasteiger charge is -2.37. The van der Waals surface area contributed by atoms with Gasteiger partial charge in [-0.15, -0.1) is 0 Å². The molecule has 0 amide bonds. The maximum Gasteiger partial charge on any atom is 0.247 e. The molecule has 0 aliphatic carbocycles. The van der Waals surface area contributed by atoms with Crippen molar-refractivity contribution in [1.29, 1.82) is 0 Å². The molecule has 6 nitrogen and oxygen atoms in total. The minimum Gasteiger partial charge on any atom is -0.493 e. The topological polar surface area (TPSA) is 67.9 Å². The number of anilines is 1. The van der Waals surface area contributed by atoms with E-state index in [0.717, 1.165) is 16.7 Å². The SMILES string of the molecule is COc1cc([C@@H]2Nc3ccccc3S(=O)(=O)N2Cc2ccccc2)cc(Br)c1OCc1ccccc1. The third-order valence-electron chi connectivity index (χ3n) is 6.03. The summed E-state index contributed by atoms with van der Waals surface area (Å²) in [6, 6.07) is 30.1. The first kappa shape index (κ1) is 24.4. The zero-order chi connectivity index (χ0) is 25.1. The molecule has 0 spiro atoms. The van der Waals surface area contributed by atoms with Crippen LogP contribution in [0.4, 0.5) is 5.69 Å². The molecule has 1 aliphatic heterocycles. The van der Waals surface area contributed by atoms with Gasteiger partial charge in [0.2, 0.25) is 10.0 Å². The predicted molar refractivity (Wildman–Crippen MR) is 143 cm³/mol. The van der Waals surface area contributed by atoms with E-state index in [1.165, 1.54) is 4.31 Å². The van der Waals surface area contributed by atoms with Crippen LogP contribution in [0.2, 0.25) is 0 Å². The second-order valence-electron chi connectivity index (χ2n) is 8.39. The largest absolute Gasteiger partial charge is 0.493 e. The smallest absolute Gasteiger partial charge is 0.247 e. The van der Waals surface area contributed by atoms with Crippen LogP contribution < -0.4 is 14.8 Å². The third kappa shape index (κ3) is 4.84. The Labute approximate surface area is 219 Å². The van der Waals surface area contributed by atoms with E-state index in [1.54, 1.807) is 25.3 Å². The van der Waals surface area contributed by atoms with Gasteiger partial charge in [-0.3, -0.25) is 0 Å². The number of para-hydroxylation sites is 1. The molecule has 184 valence electrons. The molecule has 36 heavy (non-hydrogen) atoms. The Kier molecular flexibility index (Phi) is 7.00.